The number of aromatic nitrogens is 2. The number of urea groups is 1. The summed E-state index contributed by atoms with van der Waals surface area (Å²) >= 11 is 0. The van der Waals surface area contributed by atoms with E-state index in [0.717, 1.165) is 40.1 Å². The van der Waals surface area contributed by atoms with Crippen LogP contribution in [0.5, 0.6) is 5.75 Å². The van der Waals surface area contributed by atoms with E-state index in [4.69, 9.17) is 14.2 Å². The molecule has 0 saturated carbocycles. The van der Waals surface area contributed by atoms with Gasteiger partial charge in [0.1, 0.15) is 5.75 Å². The molecule has 182 valence electrons. The van der Waals surface area contributed by atoms with E-state index in [-0.39, 0.29) is 6.03 Å². The van der Waals surface area contributed by atoms with E-state index < -0.39 is 6.04 Å². The highest BCUT2D eigenvalue weighted by atomic mass is 16.5. The van der Waals surface area contributed by atoms with Crippen LogP contribution in [-0.4, -0.2) is 28.2 Å². The molecule has 1 unspecified atom stereocenters. The Balaban J connectivity index is 1.57. The summed E-state index contributed by atoms with van der Waals surface area (Å²) in [4.78, 5) is 19.8. The van der Waals surface area contributed by atoms with Crippen molar-refractivity contribution in [2.75, 3.05) is 7.11 Å². The summed E-state index contributed by atoms with van der Waals surface area (Å²) < 4.78 is 11.0. The van der Waals surface area contributed by atoms with Crippen molar-refractivity contribution in [3.05, 3.63) is 107 Å². The third kappa shape index (κ3) is 4.60. The van der Waals surface area contributed by atoms with Crippen molar-refractivity contribution in [2.45, 2.75) is 32.9 Å². The van der Waals surface area contributed by atoms with Gasteiger partial charge >= 0.3 is 6.03 Å². The van der Waals surface area contributed by atoms with Crippen LogP contribution in [0.3, 0.4) is 0 Å². The summed E-state index contributed by atoms with van der Waals surface area (Å²) in [5.74, 6) is 1.66. The lowest BCUT2D eigenvalue weighted by Gasteiger charge is -2.35. The second-order valence-electron chi connectivity index (χ2n) is 8.70. The molecular formula is C29H28N4O3. The summed E-state index contributed by atoms with van der Waals surface area (Å²) in [5, 5.41) is 7.40. The first-order valence-electron chi connectivity index (χ1n) is 12.0. The number of carbonyl (C=O) groups is 1. The molecule has 7 heteroatoms. The number of rotatable bonds is 7. The zero-order valence-electron chi connectivity index (χ0n) is 20.6. The molecule has 2 heterocycles. The molecule has 0 bridgehead atoms. The molecule has 3 aromatic carbocycles. The van der Waals surface area contributed by atoms with Crippen molar-refractivity contribution < 1.29 is 14.1 Å². The van der Waals surface area contributed by atoms with Crippen LogP contribution in [0.2, 0.25) is 0 Å². The van der Waals surface area contributed by atoms with Gasteiger partial charge in [-0.05, 0) is 42.2 Å². The third-order valence-electron chi connectivity index (χ3n) is 6.51. The fourth-order valence-electron chi connectivity index (χ4n) is 4.40. The Kier molecular flexibility index (Phi) is 6.54. The summed E-state index contributed by atoms with van der Waals surface area (Å²) in [6.07, 6.45) is 0.943. The fourth-order valence-corrected chi connectivity index (χ4v) is 4.40. The molecule has 1 N–H and O–H groups in total. The number of nitrogens with zero attached hydrogens (tertiary/aromatic N) is 3. The van der Waals surface area contributed by atoms with Crippen LogP contribution in [0.15, 0.2) is 89.1 Å². The van der Waals surface area contributed by atoms with Crippen molar-refractivity contribution >= 4 is 11.6 Å². The molecule has 4 aromatic rings. The standard InChI is InChI=1S/C29H28N4O3/c1-4-20-10-14-22(15-11-20)26-25(28-31-27(32-36-28)23-8-6-5-7-9-23)19(2)33(29(34)30-26)18-21-12-16-24(35-3)17-13-21/h5-17,26H,4,18H2,1-3H3,(H,30,34). The molecule has 0 spiro atoms. The van der Waals surface area contributed by atoms with Gasteiger partial charge in [0, 0.05) is 11.3 Å². The number of hydrogen-bond acceptors (Lipinski definition) is 5. The molecule has 7 nitrogen and oxygen atoms in total. The number of methoxy groups -OCH3 is 1. The molecule has 1 aliphatic heterocycles. The highest BCUT2D eigenvalue weighted by Gasteiger charge is 2.35. The van der Waals surface area contributed by atoms with Gasteiger partial charge < -0.3 is 14.6 Å². The molecule has 0 aliphatic carbocycles. The van der Waals surface area contributed by atoms with Crippen LogP contribution in [-0.2, 0) is 13.0 Å². The lowest BCUT2D eigenvalue weighted by Crippen LogP contribution is -2.45. The highest BCUT2D eigenvalue weighted by Crippen LogP contribution is 2.38. The van der Waals surface area contributed by atoms with Crippen LogP contribution < -0.4 is 10.1 Å². The SMILES string of the molecule is CCc1ccc(C2NC(=O)N(Cc3ccc(OC)cc3)C(C)=C2c2nc(-c3ccccc3)no2)cc1. The van der Waals surface area contributed by atoms with E-state index in [2.05, 4.69) is 29.5 Å². The minimum Gasteiger partial charge on any atom is -0.497 e. The molecule has 0 saturated heterocycles. The third-order valence-corrected chi connectivity index (χ3v) is 6.51. The highest BCUT2D eigenvalue weighted by molar-refractivity contribution is 5.86. The van der Waals surface area contributed by atoms with E-state index in [1.54, 1.807) is 12.0 Å². The van der Waals surface area contributed by atoms with E-state index in [1.165, 1.54) is 5.56 Å². The number of hydrogen-bond donors (Lipinski definition) is 1. The number of benzene rings is 3. The molecule has 1 atom stereocenters. The molecule has 2 amide bonds. The van der Waals surface area contributed by atoms with Gasteiger partial charge in [-0.3, -0.25) is 4.90 Å². The van der Waals surface area contributed by atoms with Crippen molar-refractivity contribution in [3.8, 4) is 17.1 Å². The van der Waals surface area contributed by atoms with Gasteiger partial charge in [0.25, 0.3) is 5.89 Å². The Hall–Kier alpha value is -4.39. The quantitative estimate of drug-likeness (QED) is 0.351. The van der Waals surface area contributed by atoms with E-state index in [0.29, 0.717) is 18.3 Å². The van der Waals surface area contributed by atoms with Crippen molar-refractivity contribution in [1.82, 2.24) is 20.4 Å². The first-order chi connectivity index (χ1) is 17.6. The van der Waals surface area contributed by atoms with Crippen molar-refractivity contribution in [3.63, 3.8) is 0 Å². The number of nitrogens with one attached hydrogen (secondary N) is 1. The maximum absolute atomic E-state index is 13.3. The first-order valence-corrected chi connectivity index (χ1v) is 12.0. The first kappa shape index (κ1) is 23.4. The maximum atomic E-state index is 13.3. The lowest BCUT2D eigenvalue weighted by atomic mass is 9.93. The Bertz CT molecular complexity index is 1380. The zero-order chi connectivity index (χ0) is 25.1. The number of allylic oxidation sites excluding steroid dienone is 1. The van der Waals surface area contributed by atoms with Crippen molar-refractivity contribution in [1.29, 1.82) is 0 Å². The Morgan fingerprint density at radius 3 is 2.33 bits per heavy atom. The van der Waals surface area contributed by atoms with Crippen LogP contribution in [0.4, 0.5) is 4.79 Å². The van der Waals surface area contributed by atoms with Crippen LogP contribution >= 0.6 is 0 Å². The molecule has 0 radical (unpaired) electrons. The minimum atomic E-state index is -0.417. The molecule has 5 rings (SSSR count). The molecule has 1 aromatic heterocycles. The summed E-state index contributed by atoms with van der Waals surface area (Å²) in [6.45, 7) is 4.44. The number of amides is 2. The second kappa shape index (κ2) is 10.1. The predicted octanol–water partition coefficient (Wildman–Crippen LogP) is 6.01. The van der Waals surface area contributed by atoms with Gasteiger partial charge in [-0.1, -0.05) is 78.8 Å². The van der Waals surface area contributed by atoms with Gasteiger partial charge in [0.05, 0.1) is 25.3 Å². The lowest BCUT2D eigenvalue weighted by molar-refractivity contribution is 0.203. The van der Waals surface area contributed by atoms with Crippen LogP contribution in [0.1, 0.15) is 42.5 Å². The normalized spacial score (nSPS) is 15.7. The Labute approximate surface area is 210 Å². The van der Waals surface area contributed by atoms with E-state index >= 15 is 0 Å². The van der Waals surface area contributed by atoms with Crippen LogP contribution in [0.25, 0.3) is 17.0 Å². The fraction of sp³-hybridized carbons (Fsp3) is 0.207. The van der Waals surface area contributed by atoms with E-state index in [1.807, 2.05) is 73.7 Å². The molecule has 36 heavy (non-hydrogen) atoms. The van der Waals surface area contributed by atoms with Gasteiger partial charge in [-0.25, -0.2) is 4.79 Å². The number of carbonyl (C=O) groups excluding carboxylic acids is 1. The smallest absolute Gasteiger partial charge is 0.322 e. The maximum Gasteiger partial charge on any atom is 0.322 e. The zero-order valence-corrected chi connectivity index (χ0v) is 20.6. The second-order valence-corrected chi connectivity index (χ2v) is 8.70. The summed E-state index contributed by atoms with van der Waals surface area (Å²) in [7, 11) is 1.63. The van der Waals surface area contributed by atoms with Gasteiger partial charge in [0.15, 0.2) is 0 Å². The topological polar surface area (TPSA) is 80.5 Å². The number of ether oxygens (including phenoxy) is 1. The molecular weight excluding hydrogens is 452 g/mol. The minimum absolute atomic E-state index is 0.181. The van der Waals surface area contributed by atoms with Gasteiger partial charge in [-0.15, -0.1) is 0 Å². The van der Waals surface area contributed by atoms with E-state index in [9.17, 15) is 4.79 Å². The molecule has 1 aliphatic rings. The summed E-state index contributed by atoms with van der Waals surface area (Å²) in [6, 6.07) is 25.0. The number of aryl methyl sites for hydroxylation is 1. The monoisotopic (exact) mass is 480 g/mol. The Morgan fingerprint density at radius 1 is 0.972 bits per heavy atom. The largest absolute Gasteiger partial charge is 0.497 e. The Morgan fingerprint density at radius 2 is 1.67 bits per heavy atom. The predicted molar refractivity (Wildman–Crippen MR) is 138 cm³/mol. The van der Waals surface area contributed by atoms with Gasteiger partial charge in [-0.2, -0.15) is 4.98 Å². The van der Waals surface area contributed by atoms with Crippen LogP contribution in [0, 0.1) is 0 Å². The molecule has 0 fully saturated rings. The van der Waals surface area contributed by atoms with Gasteiger partial charge in [0.2, 0.25) is 5.82 Å². The average Bonchev–Trinajstić information content (AvgIpc) is 3.41. The van der Waals surface area contributed by atoms with Crippen molar-refractivity contribution in [2.24, 2.45) is 0 Å². The average molecular weight is 481 g/mol. The summed E-state index contributed by atoms with van der Waals surface area (Å²) in [5.41, 5.74) is 5.58.